The van der Waals surface area contributed by atoms with Crippen LogP contribution in [0.25, 0.3) is 0 Å². The molecular weight excluding hydrogens is 446 g/mol. The molecule has 12 heteroatoms. The van der Waals surface area contributed by atoms with Crippen molar-refractivity contribution in [1.82, 2.24) is 5.32 Å². The van der Waals surface area contributed by atoms with Crippen LogP contribution in [0, 0.1) is 11.3 Å². The van der Waals surface area contributed by atoms with Gasteiger partial charge in [0.15, 0.2) is 6.10 Å². The summed E-state index contributed by atoms with van der Waals surface area (Å²) in [4.78, 5) is 34.9. The highest BCUT2D eigenvalue weighted by Gasteiger charge is 2.38. The predicted molar refractivity (Wildman–Crippen MR) is 115 cm³/mol. The molecule has 1 amide bonds. The molecule has 2 atom stereocenters. The molecule has 0 radical (unpaired) electrons. The zero-order chi connectivity index (χ0) is 24.9. The molecule has 0 aliphatic heterocycles. The lowest BCUT2D eigenvalue weighted by Gasteiger charge is -2.29. The van der Waals surface area contributed by atoms with Crippen LogP contribution in [-0.4, -0.2) is 69.5 Å². The smallest absolute Gasteiger partial charge is 0.434 e. The minimum absolute atomic E-state index is 0.0963. The molecule has 0 aromatic carbocycles. The SMILES string of the molecule is CCCC(OC(=O)OCC(C)C)OC(=O)[C@H](O)C(C)(C)COS(=O)(=O)CCCNC(C)=O. The van der Waals surface area contributed by atoms with E-state index in [1.165, 1.54) is 20.8 Å². The van der Waals surface area contributed by atoms with Gasteiger partial charge in [0.2, 0.25) is 5.91 Å². The highest BCUT2D eigenvalue weighted by molar-refractivity contribution is 7.86. The van der Waals surface area contributed by atoms with E-state index in [0.29, 0.717) is 6.42 Å². The van der Waals surface area contributed by atoms with E-state index in [1.807, 2.05) is 13.8 Å². The van der Waals surface area contributed by atoms with Gasteiger partial charge in [-0.1, -0.05) is 34.6 Å². The molecule has 0 aliphatic rings. The first-order valence-electron chi connectivity index (χ1n) is 10.5. The monoisotopic (exact) mass is 483 g/mol. The van der Waals surface area contributed by atoms with Gasteiger partial charge in [0.05, 0.1) is 19.0 Å². The Morgan fingerprint density at radius 2 is 1.75 bits per heavy atom. The third-order valence-corrected chi connectivity index (χ3v) is 5.32. The standard InChI is InChI=1S/C20H37NO10S/c1-7-9-16(31-19(25)28-12-14(2)3)30-18(24)17(23)20(5,6)13-29-32(26,27)11-8-10-21-15(4)22/h14,16-17,23H,7-13H2,1-6H3,(H,21,22)/t16?,17-/m0/s1. The van der Waals surface area contributed by atoms with Gasteiger partial charge in [-0.05, 0) is 18.8 Å². The summed E-state index contributed by atoms with van der Waals surface area (Å²) in [5.74, 6) is -1.60. The van der Waals surface area contributed by atoms with Gasteiger partial charge in [0, 0.05) is 25.3 Å². The zero-order valence-electron chi connectivity index (χ0n) is 19.7. The molecule has 11 nitrogen and oxygen atoms in total. The fourth-order valence-electron chi connectivity index (χ4n) is 2.16. The first kappa shape index (κ1) is 30.1. The van der Waals surface area contributed by atoms with E-state index in [9.17, 15) is 27.9 Å². The Hall–Kier alpha value is -1.92. The van der Waals surface area contributed by atoms with Crippen LogP contribution in [0.3, 0.4) is 0 Å². The maximum Gasteiger partial charge on any atom is 0.511 e. The van der Waals surface area contributed by atoms with Crippen LogP contribution in [0.5, 0.6) is 0 Å². The van der Waals surface area contributed by atoms with Crippen LogP contribution in [0.2, 0.25) is 0 Å². The van der Waals surface area contributed by atoms with Crippen LogP contribution in [0.4, 0.5) is 4.79 Å². The Morgan fingerprint density at radius 1 is 1.12 bits per heavy atom. The number of hydrogen-bond donors (Lipinski definition) is 2. The molecule has 0 saturated heterocycles. The number of amides is 1. The van der Waals surface area contributed by atoms with Gasteiger partial charge >= 0.3 is 12.1 Å². The summed E-state index contributed by atoms with van der Waals surface area (Å²) in [6.45, 7) is 9.49. The summed E-state index contributed by atoms with van der Waals surface area (Å²) < 4.78 is 43.9. The van der Waals surface area contributed by atoms with Crippen LogP contribution in [0.15, 0.2) is 0 Å². The Morgan fingerprint density at radius 3 is 2.28 bits per heavy atom. The molecular formula is C20H37NO10S. The number of carbonyl (C=O) groups excluding carboxylic acids is 3. The topological polar surface area (TPSA) is 155 Å². The molecule has 188 valence electrons. The van der Waals surface area contributed by atoms with E-state index in [1.54, 1.807) is 6.92 Å². The molecule has 0 aromatic heterocycles. The summed E-state index contributed by atoms with van der Waals surface area (Å²) in [6, 6.07) is 0. The van der Waals surface area contributed by atoms with E-state index in [-0.39, 0.29) is 43.6 Å². The maximum absolute atomic E-state index is 12.4. The first-order valence-corrected chi connectivity index (χ1v) is 12.1. The first-order chi connectivity index (χ1) is 14.7. The van der Waals surface area contributed by atoms with Gasteiger partial charge in [-0.25, -0.2) is 9.59 Å². The minimum atomic E-state index is -3.93. The summed E-state index contributed by atoms with van der Waals surface area (Å²) in [5, 5.41) is 12.9. The number of aliphatic hydroxyl groups excluding tert-OH is 1. The van der Waals surface area contributed by atoms with Crippen molar-refractivity contribution < 1.29 is 46.3 Å². The fraction of sp³-hybridized carbons (Fsp3) is 0.850. The second-order valence-electron chi connectivity index (χ2n) is 8.48. The van der Waals surface area contributed by atoms with Crippen molar-refractivity contribution in [2.24, 2.45) is 11.3 Å². The zero-order valence-corrected chi connectivity index (χ0v) is 20.5. The number of aliphatic hydroxyl groups is 1. The molecule has 0 aliphatic carbocycles. The van der Waals surface area contributed by atoms with Crippen LogP contribution >= 0.6 is 0 Å². The number of rotatable bonds is 15. The molecule has 0 bridgehead atoms. The summed E-state index contributed by atoms with van der Waals surface area (Å²) in [6.07, 6.45) is -3.13. The van der Waals surface area contributed by atoms with Gasteiger partial charge in [-0.3, -0.25) is 8.98 Å². The fourth-order valence-corrected chi connectivity index (χ4v) is 3.26. The van der Waals surface area contributed by atoms with Crippen molar-refractivity contribution in [1.29, 1.82) is 0 Å². The number of hydrogen-bond acceptors (Lipinski definition) is 10. The van der Waals surface area contributed by atoms with Crippen molar-refractivity contribution in [3.63, 3.8) is 0 Å². The molecule has 0 aromatic rings. The Bertz CT molecular complexity index is 705. The third kappa shape index (κ3) is 13.5. The predicted octanol–water partition coefficient (Wildman–Crippen LogP) is 1.72. The second-order valence-corrected chi connectivity index (χ2v) is 10.2. The maximum atomic E-state index is 12.4. The van der Waals surface area contributed by atoms with Crippen molar-refractivity contribution in [3.05, 3.63) is 0 Å². The summed E-state index contributed by atoms with van der Waals surface area (Å²) in [5.41, 5.74) is -1.32. The van der Waals surface area contributed by atoms with E-state index in [4.69, 9.17) is 18.4 Å². The van der Waals surface area contributed by atoms with Gasteiger partial charge in [0.1, 0.15) is 0 Å². The summed E-state index contributed by atoms with van der Waals surface area (Å²) >= 11 is 0. The molecule has 0 spiro atoms. The Kier molecular flexibility index (Phi) is 13.4. The van der Waals surface area contributed by atoms with Crippen LogP contribution < -0.4 is 5.32 Å². The lowest BCUT2D eigenvalue weighted by Crippen LogP contribution is -2.43. The second kappa shape index (κ2) is 14.3. The van der Waals surface area contributed by atoms with Crippen LogP contribution in [0.1, 0.15) is 60.8 Å². The van der Waals surface area contributed by atoms with Crippen molar-refractivity contribution in [2.75, 3.05) is 25.5 Å². The number of nitrogens with one attached hydrogen (secondary N) is 1. The average molecular weight is 484 g/mol. The highest BCUT2D eigenvalue weighted by Crippen LogP contribution is 2.24. The largest absolute Gasteiger partial charge is 0.511 e. The van der Waals surface area contributed by atoms with E-state index >= 15 is 0 Å². The minimum Gasteiger partial charge on any atom is -0.434 e. The lowest BCUT2D eigenvalue weighted by atomic mass is 9.87. The number of esters is 1. The quantitative estimate of drug-likeness (QED) is 0.152. The summed E-state index contributed by atoms with van der Waals surface area (Å²) in [7, 11) is -3.93. The molecule has 0 heterocycles. The van der Waals surface area contributed by atoms with Crippen molar-refractivity contribution in [2.45, 2.75) is 73.2 Å². The molecule has 32 heavy (non-hydrogen) atoms. The van der Waals surface area contributed by atoms with Crippen LogP contribution in [-0.2, 0) is 38.1 Å². The van der Waals surface area contributed by atoms with E-state index in [2.05, 4.69) is 5.32 Å². The van der Waals surface area contributed by atoms with Gasteiger partial charge < -0.3 is 24.6 Å². The van der Waals surface area contributed by atoms with E-state index < -0.39 is 46.7 Å². The number of ether oxygens (including phenoxy) is 3. The Labute approximate surface area is 190 Å². The normalized spacial score (nSPS) is 13.9. The van der Waals surface area contributed by atoms with E-state index in [0.717, 1.165) is 0 Å². The average Bonchev–Trinajstić information content (AvgIpc) is 2.67. The molecule has 2 N–H and O–H groups in total. The van der Waals surface area contributed by atoms with Gasteiger partial charge in [0.25, 0.3) is 16.4 Å². The number of carbonyl (C=O) groups is 3. The lowest BCUT2D eigenvalue weighted by molar-refractivity contribution is -0.188. The molecule has 0 fully saturated rings. The van der Waals surface area contributed by atoms with Gasteiger partial charge in [-0.15, -0.1) is 0 Å². The van der Waals surface area contributed by atoms with Crippen molar-refractivity contribution >= 4 is 28.1 Å². The molecule has 1 unspecified atom stereocenters. The Balaban J connectivity index is 4.78. The molecule has 0 saturated carbocycles. The van der Waals surface area contributed by atoms with Gasteiger partial charge in [-0.2, -0.15) is 8.42 Å². The third-order valence-electron chi connectivity index (χ3n) is 4.05. The highest BCUT2D eigenvalue weighted by atomic mass is 32.2. The van der Waals surface area contributed by atoms with Crippen molar-refractivity contribution in [3.8, 4) is 0 Å². The molecule has 0 rings (SSSR count).